The molecule has 1 rings (SSSR count). The van der Waals surface area contributed by atoms with Crippen molar-refractivity contribution in [2.24, 2.45) is 0 Å². The van der Waals surface area contributed by atoms with E-state index in [9.17, 15) is 4.79 Å². The van der Waals surface area contributed by atoms with Crippen LogP contribution in [0.25, 0.3) is 0 Å². The van der Waals surface area contributed by atoms with E-state index in [1.165, 1.54) is 0 Å². The summed E-state index contributed by atoms with van der Waals surface area (Å²) in [5.74, 6) is 1.05. The van der Waals surface area contributed by atoms with Crippen LogP contribution in [-0.4, -0.2) is 36.4 Å². The molecule has 0 atom stereocenters. The van der Waals surface area contributed by atoms with E-state index in [1.807, 2.05) is 0 Å². The SMILES string of the molecule is CCC(=O)Nc1ccc(NCCOC)nn1. The monoisotopic (exact) mass is 224 g/mol. The molecule has 16 heavy (non-hydrogen) atoms. The molecule has 1 amide bonds. The molecular weight excluding hydrogens is 208 g/mol. The summed E-state index contributed by atoms with van der Waals surface area (Å²) < 4.78 is 4.89. The number of rotatable bonds is 6. The second-order valence-corrected chi connectivity index (χ2v) is 3.13. The molecule has 0 aliphatic carbocycles. The second kappa shape index (κ2) is 6.73. The van der Waals surface area contributed by atoms with Crippen LogP contribution in [0.15, 0.2) is 12.1 Å². The first kappa shape index (κ1) is 12.4. The zero-order valence-corrected chi connectivity index (χ0v) is 9.49. The lowest BCUT2D eigenvalue weighted by Gasteiger charge is -2.05. The first-order valence-corrected chi connectivity index (χ1v) is 5.12. The quantitative estimate of drug-likeness (QED) is 0.701. The highest BCUT2D eigenvalue weighted by atomic mass is 16.5. The van der Waals surface area contributed by atoms with E-state index in [-0.39, 0.29) is 5.91 Å². The van der Waals surface area contributed by atoms with Gasteiger partial charge in [-0.25, -0.2) is 0 Å². The van der Waals surface area contributed by atoms with Gasteiger partial charge in [0.1, 0.15) is 5.82 Å². The maximum atomic E-state index is 11.1. The normalized spacial score (nSPS) is 9.88. The van der Waals surface area contributed by atoms with E-state index in [0.717, 1.165) is 0 Å². The number of hydrogen-bond donors (Lipinski definition) is 2. The Morgan fingerprint density at radius 2 is 2.06 bits per heavy atom. The first-order chi connectivity index (χ1) is 7.76. The molecule has 0 spiro atoms. The summed E-state index contributed by atoms with van der Waals surface area (Å²) in [5.41, 5.74) is 0. The largest absolute Gasteiger partial charge is 0.383 e. The summed E-state index contributed by atoms with van der Waals surface area (Å²) in [7, 11) is 1.64. The summed E-state index contributed by atoms with van der Waals surface area (Å²) in [6, 6.07) is 3.46. The predicted octanol–water partition coefficient (Wildman–Crippen LogP) is 0.883. The molecule has 0 radical (unpaired) electrons. The Bertz CT molecular complexity index is 326. The Kier molecular flexibility index (Phi) is 5.21. The summed E-state index contributed by atoms with van der Waals surface area (Å²) >= 11 is 0. The molecule has 1 heterocycles. The first-order valence-electron chi connectivity index (χ1n) is 5.12. The van der Waals surface area contributed by atoms with Crippen molar-refractivity contribution >= 4 is 17.5 Å². The fraction of sp³-hybridized carbons (Fsp3) is 0.500. The van der Waals surface area contributed by atoms with Crippen molar-refractivity contribution < 1.29 is 9.53 Å². The highest BCUT2D eigenvalue weighted by molar-refractivity contribution is 5.89. The molecule has 0 bridgehead atoms. The predicted molar refractivity (Wildman–Crippen MR) is 61.3 cm³/mol. The van der Waals surface area contributed by atoms with Gasteiger partial charge in [-0.2, -0.15) is 0 Å². The number of methoxy groups -OCH3 is 1. The Balaban J connectivity index is 2.44. The van der Waals surface area contributed by atoms with E-state index in [4.69, 9.17) is 4.74 Å². The summed E-state index contributed by atoms with van der Waals surface area (Å²) in [6.07, 6.45) is 0.426. The average molecular weight is 224 g/mol. The van der Waals surface area contributed by atoms with E-state index >= 15 is 0 Å². The zero-order valence-electron chi connectivity index (χ0n) is 9.49. The summed E-state index contributed by atoms with van der Waals surface area (Å²) in [6.45, 7) is 3.06. The van der Waals surface area contributed by atoms with Gasteiger partial charge in [-0.15, -0.1) is 10.2 Å². The van der Waals surface area contributed by atoms with Crippen LogP contribution >= 0.6 is 0 Å². The summed E-state index contributed by atoms with van der Waals surface area (Å²) in [5, 5.41) is 13.4. The standard InChI is InChI=1S/C10H16N4O2/c1-3-10(15)12-9-5-4-8(13-14-9)11-6-7-16-2/h4-5H,3,6-7H2,1-2H3,(H,11,13)(H,12,14,15). The molecule has 6 nitrogen and oxygen atoms in total. The van der Waals surface area contributed by atoms with Crippen molar-refractivity contribution in [3.63, 3.8) is 0 Å². The molecular formula is C10H16N4O2. The minimum Gasteiger partial charge on any atom is -0.383 e. The third kappa shape index (κ3) is 4.22. The molecule has 0 aliphatic rings. The van der Waals surface area contributed by atoms with Crippen molar-refractivity contribution in [1.82, 2.24) is 10.2 Å². The van der Waals surface area contributed by atoms with Crippen molar-refractivity contribution in [2.45, 2.75) is 13.3 Å². The van der Waals surface area contributed by atoms with Gasteiger partial charge in [-0.3, -0.25) is 4.79 Å². The molecule has 0 aromatic carbocycles. The Hall–Kier alpha value is -1.69. The third-order valence-corrected chi connectivity index (χ3v) is 1.87. The molecule has 88 valence electrons. The Morgan fingerprint density at radius 3 is 2.62 bits per heavy atom. The van der Waals surface area contributed by atoms with Crippen LogP contribution < -0.4 is 10.6 Å². The number of hydrogen-bond acceptors (Lipinski definition) is 5. The van der Waals surface area contributed by atoms with Gasteiger partial charge in [-0.1, -0.05) is 6.92 Å². The van der Waals surface area contributed by atoms with Crippen LogP contribution in [0.4, 0.5) is 11.6 Å². The van der Waals surface area contributed by atoms with Gasteiger partial charge < -0.3 is 15.4 Å². The number of anilines is 2. The fourth-order valence-electron chi connectivity index (χ4n) is 1.01. The lowest BCUT2D eigenvalue weighted by Crippen LogP contribution is -2.13. The van der Waals surface area contributed by atoms with Gasteiger partial charge in [0.05, 0.1) is 6.61 Å². The minimum atomic E-state index is -0.0746. The molecule has 0 saturated carbocycles. The lowest BCUT2D eigenvalue weighted by atomic mass is 10.4. The Morgan fingerprint density at radius 1 is 1.38 bits per heavy atom. The van der Waals surface area contributed by atoms with Gasteiger partial charge in [0.2, 0.25) is 5.91 Å². The van der Waals surface area contributed by atoms with Crippen LogP contribution in [0.2, 0.25) is 0 Å². The van der Waals surface area contributed by atoms with Crippen LogP contribution in [0.1, 0.15) is 13.3 Å². The topological polar surface area (TPSA) is 76.1 Å². The van der Waals surface area contributed by atoms with Crippen molar-refractivity contribution in [2.75, 3.05) is 30.9 Å². The third-order valence-electron chi connectivity index (χ3n) is 1.87. The highest BCUT2D eigenvalue weighted by Crippen LogP contribution is 2.05. The number of nitrogens with one attached hydrogen (secondary N) is 2. The summed E-state index contributed by atoms with van der Waals surface area (Å²) in [4.78, 5) is 11.1. The molecule has 0 aliphatic heterocycles. The van der Waals surface area contributed by atoms with Crippen molar-refractivity contribution in [3.8, 4) is 0 Å². The maximum Gasteiger partial charge on any atom is 0.225 e. The number of nitrogens with zero attached hydrogens (tertiary/aromatic N) is 2. The van der Waals surface area contributed by atoms with Crippen LogP contribution in [0.5, 0.6) is 0 Å². The smallest absolute Gasteiger partial charge is 0.225 e. The number of carbonyl (C=O) groups is 1. The fourth-order valence-corrected chi connectivity index (χ4v) is 1.01. The lowest BCUT2D eigenvalue weighted by molar-refractivity contribution is -0.115. The molecule has 1 aromatic heterocycles. The molecule has 0 saturated heterocycles. The van der Waals surface area contributed by atoms with Gasteiger partial charge in [0.25, 0.3) is 0 Å². The Labute approximate surface area is 94.4 Å². The molecule has 1 aromatic rings. The van der Waals surface area contributed by atoms with Crippen molar-refractivity contribution in [3.05, 3.63) is 12.1 Å². The number of amides is 1. The van der Waals surface area contributed by atoms with Gasteiger partial charge in [-0.05, 0) is 12.1 Å². The second-order valence-electron chi connectivity index (χ2n) is 3.13. The zero-order chi connectivity index (χ0) is 11.8. The van der Waals surface area contributed by atoms with Crippen LogP contribution in [0.3, 0.4) is 0 Å². The molecule has 0 unspecified atom stereocenters. The van der Waals surface area contributed by atoms with E-state index < -0.39 is 0 Å². The van der Waals surface area contributed by atoms with Gasteiger partial charge in [0, 0.05) is 20.1 Å². The molecule has 6 heteroatoms. The van der Waals surface area contributed by atoms with Crippen molar-refractivity contribution in [1.29, 1.82) is 0 Å². The van der Waals surface area contributed by atoms with E-state index in [2.05, 4.69) is 20.8 Å². The van der Waals surface area contributed by atoms with Gasteiger partial charge in [0.15, 0.2) is 5.82 Å². The number of aromatic nitrogens is 2. The molecule has 0 fully saturated rings. The molecule has 2 N–H and O–H groups in total. The van der Waals surface area contributed by atoms with E-state index in [1.54, 1.807) is 26.2 Å². The van der Waals surface area contributed by atoms with Crippen LogP contribution in [-0.2, 0) is 9.53 Å². The van der Waals surface area contributed by atoms with E-state index in [0.29, 0.717) is 31.2 Å². The number of ether oxygens (including phenoxy) is 1. The average Bonchev–Trinajstić information content (AvgIpc) is 2.31. The van der Waals surface area contributed by atoms with Gasteiger partial charge >= 0.3 is 0 Å². The minimum absolute atomic E-state index is 0.0746. The maximum absolute atomic E-state index is 11.1. The number of carbonyl (C=O) groups excluding carboxylic acids is 1. The van der Waals surface area contributed by atoms with Crippen LogP contribution in [0, 0.1) is 0 Å². The highest BCUT2D eigenvalue weighted by Gasteiger charge is 2.00.